The van der Waals surface area contributed by atoms with Crippen LogP contribution in [0.1, 0.15) is 34.3 Å². The number of aliphatic carboxylic acids is 1. The SMILES string of the molecule is COC(=O)N(C1c2ccccc2-c2ccccc21)[C@H](C(=O)O)c1ccc(C#N)cc1. The Morgan fingerprint density at radius 3 is 1.97 bits per heavy atom. The van der Waals surface area contributed by atoms with E-state index in [1.807, 2.05) is 54.6 Å². The number of amides is 1. The molecule has 0 heterocycles. The van der Waals surface area contributed by atoms with E-state index in [4.69, 9.17) is 10.00 Å². The fourth-order valence-corrected chi connectivity index (χ4v) is 4.06. The van der Waals surface area contributed by atoms with E-state index in [0.29, 0.717) is 11.1 Å². The van der Waals surface area contributed by atoms with Gasteiger partial charge >= 0.3 is 12.1 Å². The minimum Gasteiger partial charge on any atom is -0.479 e. The minimum atomic E-state index is -1.30. The lowest BCUT2D eigenvalue weighted by Gasteiger charge is -2.34. The summed E-state index contributed by atoms with van der Waals surface area (Å²) < 4.78 is 5.02. The molecule has 0 bridgehead atoms. The average molecular weight is 398 g/mol. The monoisotopic (exact) mass is 398 g/mol. The molecule has 0 aromatic heterocycles. The Hall–Kier alpha value is -4.11. The van der Waals surface area contributed by atoms with Gasteiger partial charge in [-0.3, -0.25) is 4.90 Å². The zero-order chi connectivity index (χ0) is 21.3. The molecule has 0 saturated carbocycles. The Morgan fingerprint density at radius 1 is 0.967 bits per heavy atom. The maximum absolute atomic E-state index is 12.9. The maximum Gasteiger partial charge on any atom is 0.411 e. The van der Waals surface area contributed by atoms with E-state index in [0.717, 1.165) is 22.3 Å². The summed E-state index contributed by atoms with van der Waals surface area (Å²) in [5.74, 6) is -1.19. The molecular weight excluding hydrogens is 380 g/mol. The molecule has 1 amide bonds. The first-order valence-corrected chi connectivity index (χ1v) is 9.34. The van der Waals surface area contributed by atoms with Crippen LogP contribution in [0.25, 0.3) is 11.1 Å². The number of carbonyl (C=O) groups excluding carboxylic acids is 1. The van der Waals surface area contributed by atoms with Gasteiger partial charge in [-0.2, -0.15) is 5.26 Å². The molecule has 0 radical (unpaired) electrons. The second kappa shape index (κ2) is 7.72. The molecule has 1 aliphatic carbocycles. The number of nitrogens with zero attached hydrogens (tertiary/aromatic N) is 2. The third kappa shape index (κ3) is 3.07. The molecule has 6 heteroatoms. The number of methoxy groups -OCH3 is 1. The first-order chi connectivity index (χ1) is 14.6. The molecule has 6 nitrogen and oxygen atoms in total. The van der Waals surface area contributed by atoms with Crippen molar-refractivity contribution in [3.8, 4) is 17.2 Å². The average Bonchev–Trinajstić information content (AvgIpc) is 3.11. The number of fused-ring (bicyclic) bond motifs is 3. The highest BCUT2D eigenvalue weighted by Gasteiger charge is 2.42. The van der Waals surface area contributed by atoms with Crippen LogP contribution in [0.4, 0.5) is 4.79 Å². The summed E-state index contributed by atoms with van der Waals surface area (Å²) in [4.78, 5) is 26.6. The van der Waals surface area contributed by atoms with Gasteiger partial charge in [0.05, 0.1) is 24.8 Å². The van der Waals surface area contributed by atoms with Crippen LogP contribution in [0.5, 0.6) is 0 Å². The number of carboxylic acids is 1. The fourth-order valence-electron chi connectivity index (χ4n) is 4.06. The topological polar surface area (TPSA) is 90.6 Å². The van der Waals surface area contributed by atoms with Gasteiger partial charge in [-0.15, -0.1) is 0 Å². The number of nitriles is 1. The molecule has 3 aromatic rings. The van der Waals surface area contributed by atoms with Gasteiger partial charge in [-0.1, -0.05) is 60.7 Å². The zero-order valence-electron chi connectivity index (χ0n) is 16.1. The number of rotatable bonds is 4. The molecule has 0 aliphatic heterocycles. The van der Waals surface area contributed by atoms with Crippen molar-refractivity contribution in [3.63, 3.8) is 0 Å². The molecule has 4 rings (SSSR count). The van der Waals surface area contributed by atoms with Crippen LogP contribution in [0.15, 0.2) is 72.8 Å². The van der Waals surface area contributed by atoms with E-state index in [9.17, 15) is 14.7 Å². The predicted molar refractivity (Wildman–Crippen MR) is 109 cm³/mol. The van der Waals surface area contributed by atoms with Gasteiger partial charge in [0, 0.05) is 0 Å². The summed E-state index contributed by atoms with van der Waals surface area (Å²) in [6, 6.07) is 21.6. The van der Waals surface area contributed by atoms with Crippen molar-refractivity contribution in [1.29, 1.82) is 5.26 Å². The van der Waals surface area contributed by atoms with Crippen molar-refractivity contribution in [3.05, 3.63) is 95.1 Å². The van der Waals surface area contributed by atoms with Gasteiger partial charge in [0.25, 0.3) is 0 Å². The molecule has 0 fully saturated rings. The third-order valence-electron chi connectivity index (χ3n) is 5.33. The first kappa shape index (κ1) is 19.2. The molecule has 30 heavy (non-hydrogen) atoms. The van der Waals surface area contributed by atoms with Gasteiger partial charge in [-0.25, -0.2) is 9.59 Å². The van der Waals surface area contributed by atoms with E-state index in [2.05, 4.69) is 0 Å². The smallest absolute Gasteiger partial charge is 0.411 e. The van der Waals surface area contributed by atoms with Crippen LogP contribution in [-0.4, -0.2) is 29.2 Å². The van der Waals surface area contributed by atoms with Crippen LogP contribution in [0.3, 0.4) is 0 Å². The summed E-state index contributed by atoms with van der Waals surface area (Å²) in [7, 11) is 1.24. The summed E-state index contributed by atoms with van der Waals surface area (Å²) in [5.41, 5.74) is 4.37. The third-order valence-corrected chi connectivity index (χ3v) is 5.33. The van der Waals surface area contributed by atoms with Gasteiger partial charge < -0.3 is 9.84 Å². The molecule has 0 spiro atoms. The summed E-state index contributed by atoms with van der Waals surface area (Å²) in [6.07, 6.45) is -0.747. The lowest BCUT2D eigenvalue weighted by atomic mass is 9.97. The second-order valence-electron chi connectivity index (χ2n) is 6.93. The fraction of sp³-hybridized carbons (Fsp3) is 0.125. The van der Waals surface area contributed by atoms with Crippen LogP contribution >= 0.6 is 0 Å². The second-order valence-corrected chi connectivity index (χ2v) is 6.93. The van der Waals surface area contributed by atoms with Crippen LogP contribution in [0.2, 0.25) is 0 Å². The molecule has 0 saturated heterocycles. The summed E-state index contributed by atoms with van der Waals surface area (Å²) in [5, 5.41) is 19.2. The number of benzene rings is 3. The summed E-state index contributed by atoms with van der Waals surface area (Å²) in [6.45, 7) is 0. The van der Waals surface area contributed by atoms with Crippen molar-refractivity contribution in [2.45, 2.75) is 12.1 Å². The van der Waals surface area contributed by atoms with Crippen molar-refractivity contribution < 1.29 is 19.4 Å². The van der Waals surface area contributed by atoms with Crippen LogP contribution in [0, 0.1) is 11.3 Å². The van der Waals surface area contributed by atoms with Gasteiger partial charge in [0.2, 0.25) is 0 Å². The zero-order valence-corrected chi connectivity index (χ0v) is 16.1. The molecule has 1 atom stereocenters. The van der Waals surface area contributed by atoms with Crippen molar-refractivity contribution in [2.24, 2.45) is 0 Å². The number of ether oxygens (including phenoxy) is 1. The number of carbonyl (C=O) groups is 2. The van der Waals surface area contributed by atoms with E-state index in [1.165, 1.54) is 24.1 Å². The maximum atomic E-state index is 12.9. The highest BCUT2D eigenvalue weighted by Crippen LogP contribution is 2.48. The molecule has 148 valence electrons. The predicted octanol–water partition coefficient (Wildman–Crippen LogP) is 4.52. The summed E-state index contributed by atoms with van der Waals surface area (Å²) >= 11 is 0. The van der Waals surface area contributed by atoms with Gasteiger partial charge in [0.15, 0.2) is 6.04 Å². The molecule has 1 aliphatic rings. The molecular formula is C24H18N2O4. The Kier molecular flexibility index (Phi) is 4.95. The quantitative estimate of drug-likeness (QED) is 0.698. The van der Waals surface area contributed by atoms with Crippen molar-refractivity contribution >= 4 is 12.1 Å². The van der Waals surface area contributed by atoms with Gasteiger partial charge in [0.1, 0.15) is 0 Å². The van der Waals surface area contributed by atoms with E-state index in [-0.39, 0.29) is 0 Å². The normalized spacial score (nSPS) is 12.9. The lowest BCUT2D eigenvalue weighted by molar-refractivity contribution is -0.143. The number of hydrogen-bond acceptors (Lipinski definition) is 4. The van der Waals surface area contributed by atoms with Crippen LogP contribution in [-0.2, 0) is 9.53 Å². The van der Waals surface area contributed by atoms with E-state index < -0.39 is 24.1 Å². The lowest BCUT2D eigenvalue weighted by Crippen LogP contribution is -2.41. The standard InChI is InChI=1S/C24H18N2O4/c1-30-24(29)26(21(23(27)28)16-12-10-15(14-25)11-13-16)22-19-8-4-2-6-17(19)18-7-3-5-9-20(18)22/h2-13,21-22H,1H3,(H,27,28)/t21-/m0/s1. The highest BCUT2D eigenvalue weighted by atomic mass is 16.5. The number of carboxylic acid groups (broad SMARTS) is 1. The van der Waals surface area contributed by atoms with Crippen molar-refractivity contribution in [2.75, 3.05) is 7.11 Å². The molecule has 1 N–H and O–H groups in total. The first-order valence-electron chi connectivity index (χ1n) is 9.34. The van der Waals surface area contributed by atoms with Crippen LogP contribution < -0.4 is 0 Å². The van der Waals surface area contributed by atoms with E-state index in [1.54, 1.807) is 12.1 Å². The Bertz CT molecular complexity index is 1120. The number of hydrogen-bond donors (Lipinski definition) is 1. The Balaban J connectivity index is 1.92. The highest BCUT2D eigenvalue weighted by molar-refractivity contribution is 5.85. The van der Waals surface area contributed by atoms with E-state index >= 15 is 0 Å². The molecule has 3 aromatic carbocycles. The van der Waals surface area contributed by atoms with Gasteiger partial charge in [-0.05, 0) is 39.9 Å². The molecule has 0 unspecified atom stereocenters. The Labute approximate surface area is 173 Å². The Morgan fingerprint density at radius 2 is 1.50 bits per heavy atom. The van der Waals surface area contributed by atoms with Crippen molar-refractivity contribution in [1.82, 2.24) is 4.90 Å². The largest absolute Gasteiger partial charge is 0.479 e. The minimum absolute atomic E-state index is 0.383.